The molecule has 1 saturated heterocycles. The van der Waals surface area contributed by atoms with E-state index in [9.17, 15) is 0 Å². The first kappa shape index (κ1) is 18.1. The number of para-hydroxylation sites is 1. The molecule has 1 N–H and O–H groups in total. The van der Waals surface area contributed by atoms with E-state index in [0.717, 1.165) is 47.2 Å². The van der Waals surface area contributed by atoms with Crippen molar-refractivity contribution in [3.8, 4) is 11.1 Å². The Labute approximate surface area is 173 Å². The zero-order valence-corrected chi connectivity index (χ0v) is 16.5. The molecule has 2 aromatic carbocycles. The van der Waals surface area contributed by atoms with Crippen molar-refractivity contribution >= 4 is 34.0 Å². The Bertz CT molecular complexity index is 1140. The predicted molar refractivity (Wildman–Crippen MR) is 114 cm³/mol. The molecule has 6 nitrogen and oxygen atoms in total. The number of fused-ring (bicyclic) bond motifs is 1. The molecule has 0 bridgehead atoms. The van der Waals surface area contributed by atoms with Gasteiger partial charge in [-0.25, -0.2) is 9.67 Å². The molecule has 7 heteroatoms. The van der Waals surface area contributed by atoms with Gasteiger partial charge in [0.05, 0.1) is 11.7 Å². The number of aromatic nitrogens is 4. The topological polar surface area (TPSA) is 64.9 Å². The minimum Gasteiger partial charge on any atom is -0.357 e. The van der Waals surface area contributed by atoms with Gasteiger partial charge in [-0.1, -0.05) is 24.3 Å². The highest BCUT2D eigenvalue weighted by atomic mass is 35.5. The molecule has 1 atom stereocenters. The number of rotatable bonds is 4. The molecule has 2 aromatic heterocycles. The SMILES string of the molecule is Clc1nc(Nc2ccc(-c3cnn(C4CCCCO4)c3)cc2)c2ccccc2n1. The Morgan fingerprint density at radius 3 is 2.69 bits per heavy atom. The highest BCUT2D eigenvalue weighted by Crippen LogP contribution is 2.28. The Balaban J connectivity index is 1.37. The Morgan fingerprint density at radius 1 is 1.00 bits per heavy atom. The first-order chi connectivity index (χ1) is 14.3. The number of anilines is 2. The van der Waals surface area contributed by atoms with E-state index < -0.39 is 0 Å². The van der Waals surface area contributed by atoms with Crippen LogP contribution in [-0.2, 0) is 4.74 Å². The van der Waals surface area contributed by atoms with Gasteiger partial charge in [0.2, 0.25) is 5.28 Å². The number of hydrogen-bond acceptors (Lipinski definition) is 5. The minimum atomic E-state index is 0.0502. The van der Waals surface area contributed by atoms with Gasteiger partial charge in [0.25, 0.3) is 0 Å². The van der Waals surface area contributed by atoms with Crippen LogP contribution in [0.1, 0.15) is 25.5 Å². The first-order valence-electron chi connectivity index (χ1n) is 9.72. The summed E-state index contributed by atoms with van der Waals surface area (Å²) in [5, 5.41) is 8.99. The molecular formula is C22H20ClN5O. The van der Waals surface area contributed by atoms with Crippen LogP contribution < -0.4 is 5.32 Å². The summed E-state index contributed by atoms with van der Waals surface area (Å²) in [5.74, 6) is 0.690. The van der Waals surface area contributed by atoms with E-state index in [1.807, 2.05) is 47.3 Å². The number of halogens is 1. The summed E-state index contributed by atoms with van der Waals surface area (Å²) in [6, 6.07) is 16.0. The summed E-state index contributed by atoms with van der Waals surface area (Å²) in [7, 11) is 0. The zero-order valence-electron chi connectivity index (χ0n) is 15.8. The van der Waals surface area contributed by atoms with E-state index in [1.54, 1.807) is 0 Å². The Morgan fingerprint density at radius 2 is 1.86 bits per heavy atom. The van der Waals surface area contributed by atoms with Gasteiger partial charge in [-0.3, -0.25) is 0 Å². The summed E-state index contributed by atoms with van der Waals surface area (Å²) in [6.45, 7) is 0.808. The molecule has 4 aromatic rings. The van der Waals surface area contributed by atoms with Crippen LogP contribution >= 0.6 is 11.6 Å². The average Bonchev–Trinajstić information content (AvgIpc) is 3.25. The van der Waals surface area contributed by atoms with E-state index in [0.29, 0.717) is 5.82 Å². The van der Waals surface area contributed by atoms with Gasteiger partial charge in [0.1, 0.15) is 12.0 Å². The van der Waals surface area contributed by atoms with Gasteiger partial charge in [0, 0.05) is 29.4 Å². The number of nitrogens with zero attached hydrogens (tertiary/aromatic N) is 4. The summed E-state index contributed by atoms with van der Waals surface area (Å²) in [6.07, 6.45) is 7.32. The maximum atomic E-state index is 6.08. The van der Waals surface area contributed by atoms with Crippen LogP contribution in [-0.4, -0.2) is 26.4 Å². The van der Waals surface area contributed by atoms with Crippen LogP contribution in [0.2, 0.25) is 5.28 Å². The predicted octanol–water partition coefficient (Wildman–Crippen LogP) is 5.59. The van der Waals surface area contributed by atoms with Gasteiger partial charge >= 0.3 is 0 Å². The largest absolute Gasteiger partial charge is 0.357 e. The lowest BCUT2D eigenvalue weighted by Gasteiger charge is -2.22. The number of hydrogen-bond donors (Lipinski definition) is 1. The molecule has 1 aliphatic rings. The Kier molecular flexibility index (Phi) is 4.87. The third-order valence-corrected chi connectivity index (χ3v) is 5.28. The number of ether oxygens (including phenoxy) is 1. The lowest BCUT2D eigenvalue weighted by Crippen LogP contribution is -2.18. The molecule has 3 heterocycles. The van der Waals surface area contributed by atoms with Gasteiger partial charge in [0.15, 0.2) is 0 Å². The summed E-state index contributed by atoms with van der Waals surface area (Å²) in [4.78, 5) is 8.62. The molecule has 5 rings (SSSR count). The molecule has 1 unspecified atom stereocenters. The number of benzene rings is 2. The van der Waals surface area contributed by atoms with Crippen molar-refractivity contribution in [2.45, 2.75) is 25.5 Å². The molecule has 29 heavy (non-hydrogen) atoms. The fourth-order valence-corrected chi connectivity index (χ4v) is 3.78. The van der Waals surface area contributed by atoms with Crippen LogP contribution in [0.25, 0.3) is 22.0 Å². The highest BCUT2D eigenvalue weighted by molar-refractivity contribution is 6.28. The minimum absolute atomic E-state index is 0.0502. The molecule has 0 spiro atoms. The fourth-order valence-electron chi connectivity index (χ4n) is 3.60. The second-order valence-electron chi connectivity index (χ2n) is 7.09. The van der Waals surface area contributed by atoms with Crippen LogP contribution in [0.3, 0.4) is 0 Å². The van der Waals surface area contributed by atoms with E-state index in [1.165, 1.54) is 6.42 Å². The van der Waals surface area contributed by atoms with Crippen LogP contribution in [0, 0.1) is 0 Å². The van der Waals surface area contributed by atoms with Crippen molar-refractivity contribution in [1.82, 2.24) is 19.7 Å². The maximum absolute atomic E-state index is 6.08. The van der Waals surface area contributed by atoms with E-state index in [2.05, 4.69) is 38.7 Å². The third kappa shape index (κ3) is 3.81. The summed E-state index contributed by atoms with van der Waals surface area (Å²) in [5.41, 5.74) is 3.91. The quantitative estimate of drug-likeness (QED) is 0.448. The smallest absolute Gasteiger partial charge is 0.224 e. The molecule has 1 fully saturated rings. The lowest BCUT2D eigenvalue weighted by atomic mass is 10.1. The van der Waals surface area contributed by atoms with Crippen molar-refractivity contribution in [2.24, 2.45) is 0 Å². The van der Waals surface area contributed by atoms with E-state index >= 15 is 0 Å². The van der Waals surface area contributed by atoms with Crippen molar-refractivity contribution in [3.63, 3.8) is 0 Å². The van der Waals surface area contributed by atoms with Gasteiger partial charge < -0.3 is 10.1 Å². The summed E-state index contributed by atoms with van der Waals surface area (Å²) < 4.78 is 7.74. The summed E-state index contributed by atoms with van der Waals surface area (Å²) >= 11 is 6.08. The maximum Gasteiger partial charge on any atom is 0.224 e. The molecule has 146 valence electrons. The van der Waals surface area contributed by atoms with Crippen molar-refractivity contribution in [1.29, 1.82) is 0 Å². The Hall–Kier alpha value is -2.96. The monoisotopic (exact) mass is 405 g/mol. The first-order valence-corrected chi connectivity index (χ1v) is 10.1. The number of nitrogens with one attached hydrogen (secondary N) is 1. The molecule has 0 aliphatic carbocycles. The molecule has 1 aliphatic heterocycles. The van der Waals surface area contributed by atoms with Crippen LogP contribution in [0.5, 0.6) is 0 Å². The van der Waals surface area contributed by atoms with Gasteiger partial charge in [-0.05, 0) is 60.7 Å². The van der Waals surface area contributed by atoms with Crippen LogP contribution in [0.4, 0.5) is 11.5 Å². The molecule has 0 radical (unpaired) electrons. The second-order valence-corrected chi connectivity index (χ2v) is 7.43. The molecule has 0 amide bonds. The fraction of sp³-hybridized carbons (Fsp3) is 0.227. The molecule has 0 saturated carbocycles. The second kappa shape index (κ2) is 7.81. The van der Waals surface area contributed by atoms with E-state index in [4.69, 9.17) is 16.3 Å². The normalized spacial score (nSPS) is 16.8. The van der Waals surface area contributed by atoms with Gasteiger partial charge in [-0.15, -0.1) is 0 Å². The lowest BCUT2D eigenvalue weighted by molar-refractivity contribution is -0.0394. The van der Waals surface area contributed by atoms with Crippen molar-refractivity contribution in [2.75, 3.05) is 11.9 Å². The zero-order chi connectivity index (χ0) is 19.6. The van der Waals surface area contributed by atoms with Gasteiger partial charge in [-0.2, -0.15) is 10.1 Å². The highest BCUT2D eigenvalue weighted by Gasteiger charge is 2.16. The van der Waals surface area contributed by atoms with Crippen molar-refractivity contribution < 1.29 is 4.74 Å². The van der Waals surface area contributed by atoms with E-state index in [-0.39, 0.29) is 11.5 Å². The van der Waals surface area contributed by atoms with Crippen molar-refractivity contribution in [3.05, 3.63) is 66.2 Å². The average molecular weight is 406 g/mol. The standard InChI is InChI=1S/C22H20ClN5O/c23-22-26-19-6-2-1-5-18(19)21(27-22)25-17-10-8-15(9-11-17)16-13-24-28(14-16)20-7-3-4-12-29-20/h1-2,5-6,8-11,13-14,20H,3-4,7,12H2,(H,25,26,27). The third-order valence-electron chi connectivity index (χ3n) is 5.11. The van der Waals surface area contributed by atoms with Crippen LogP contribution in [0.15, 0.2) is 60.9 Å². The molecular weight excluding hydrogens is 386 g/mol.